The Morgan fingerprint density at radius 3 is 2.86 bits per heavy atom. The second-order valence-electron chi connectivity index (χ2n) is 5.70. The summed E-state index contributed by atoms with van der Waals surface area (Å²) in [5.41, 5.74) is 1.45. The Kier molecular flexibility index (Phi) is 4.11. The Morgan fingerprint density at radius 2 is 2.18 bits per heavy atom. The molecule has 0 N–H and O–H groups in total. The number of carbonyl (C=O) groups is 1. The molecule has 0 aromatic carbocycles. The maximum absolute atomic E-state index is 12.8. The lowest BCUT2D eigenvalue weighted by Gasteiger charge is -2.34. The number of hydrogen-bond acceptors (Lipinski definition) is 4. The van der Waals surface area contributed by atoms with Gasteiger partial charge in [-0.15, -0.1) is 11.3 Å². The number of piperidine rings is 1. The zero-order chi connectivity index (χ0) is 15.7. The summed E-state index contributed by atoms with van der Waals surface area (Å²) in [7, 11) is 1.66. The topological polar surface area (TPSA) is 55.2 Å². The lowest BCUT2D eigenvalue weighted by molar-refractivity contribution is 0.0610. The van der Waals surface area contributed by atoms with Crippen LogP contribution in [0.15, 0.2) is 28.5 Å². The zero-order valence-corrected chi connectivity index (χ0v) is 13.6. The molecule has 22 heavy (non-hydrogen) atoms. The molecule has 0 aliphatic carbocycles. The molecule has 1 saturated heterocycles. The molecule has 1 amide bonds. The van der Waals surface area contributed by atoms with Crippen LogP contribution in [0.4, 0.5) is 0 Å². The molecule has 1 unspecified atom stereocenters. The van der Waals surface area contributed by atoms with E-state index in [2.05, 4.69) is 4.98 Å². The number of hydrogen-bond donors (Lipinski definition) is 0. The van der Waals surface area contributed by atoms with E-state index < -0.39 is 0 Å². The van der Waals surface area contributed by atoms with Crippen LogP contribution < -0.4 is 5.56 Å². The average Bonchev–Trinajstić information content (AvgIpc) is 2.96. The first-order chi connectivity index (χ1) is 10.6. The van der Waals surface area contributed by atoms with E-state index in [1.54, 1.807) is 30.6 Å². The highest BCUT2D eigenvalue weighted by atomic mass is 32.1. The molecular weight excluding hydrogens is 298 g/mol. The van der Waals surface area contributed by atoms with Gasteiger partial charge in [-0.25, -0.2) is 4.98 Å². The Morgan fingerprint density at radius 1 is 1.36 bits per heavy atom. The van der Waals surface area contributed by atoms with Gasteiger partial charge in [-0.05, 0) is 32.3 Å². The van der Waals surface area contributed by atoms with E-state index in [9.17, 15) is 9.59 Å². The normalized spacial score (nSPS) is 18.5. The van der Waals surface area contributed by atoms with Crippen molar-refractivity contribution in [2.45, 2.75) is 32.2 Å². The van der Waals surface area contributed by atoms with Crippen molar-refractivity contribution < 1.29 is 4.79 Å². The smallest absolute Gasteiger partial charge is 0.255 e. The van der Waals surface area contributed by atoms with Gasteiger partial charge in [0, 0.05) is 36.9 Å². The molecule has 6 heteroatoms. The van der Waals surface area contributed by atoms with Gasteiger partial charge in [0.25, 0.3) is 5.91 Å². The highest BCUT2D eigenvalue weighted by Crippen LogP contribution is 2.33. The van der Waals surface area contributed by atoms with Gasteiger partial charge in [-0.1, -0.05) is 0 Å². The summed E-state index contributed by atoms with van der Waals surface area (Å²) in [5, 5.41) is 3.04. The van der Waals surface area contributed by atoms with Crippen LogP contribution in [-0.2, 0) is 7.05 Å². The maximum Gasteiger partial charge on any atom is 0.255 e. The summed E-state index contributed by atoms with van der Waals surface area (Å²) in [6.07, 6.45) is 4.69. The largest absolute Gasteiger partial charge is 0.329 e. The van der Waals surface area contributed by atoms with Crippen molar-refractivity contribution in [2.75, 3.05) is 6.54 Å². The SMILES string of the molecule is Cc1csc(C2CCCCN2C(=O)c2ccc(=O)n(C)c2)n1. The summed E-state index contributed by atoms with van der Waals surface area (Å²) in [5.74, 6) is -0.0202. The van der Waals surface area contributed by atoms with Crippen molar-refractivity contribution in [3.63, 3.8) is 0 Å². The number of aromatic nitrogens is 2. The molecule has 116 valence electrons. The van der Waals surface area contributed by atoms with E-state index >= 15 is 0 Å². The first kappa shape index (κ1) is 15.0. The van der Waals surface area contributed by atoms with Crippen LogP contribution in [-0.4, -0.2) is 26.9 Å². The molecule has 1 aliphatic rings. The third-order valence-corrected chi connectivity index (χ3v) is 5.08. The molecule has 0 spiro atoms. The van der Waals surface area contributed by atoms with E-state index in [0.717, 1.165) is 36.5 Å². The van der Waals surface area contributed by atoms with Crippen LogP contribution in [0.5, 0.6) is 0 Å². The van der Waals surface area contributed by atoms with Crippen LogP contribution in [0, 0.1) is 6.92 Å². The molecule has 0 radical (unpaired) electrons. The first-order valence-corrected chi connectivity index (χ1v) is 8.34. The summed E-state index contributed by atoms with van der Waals surface area (Å²) in [6.45, 7) is 2.72. The minimum atomic E-state index is -0.109. The predicted molar refractivity (Wildman–Crippen MR) is 86.2 cm³/mol. The molecule has 0 bridgehead atoms. The minimum Gasteiger partial charge on any atom is -0.329 e. The molecule has 1 aliphatic heterocycles. The molecule has 2 aromatic rings. The van der Waals surface area contributed by atoms with Gasteiger partial charge < -0.3 is 9.47 Å². The van der Waals surface area contributed by atoms with Crippen molar-refractivity contribution in [1.29, 1.82) is 0 Å². The van der Waals surface area contributed by atoms with Gasteiger partial charge in [-0.3, -0.25) is 9.59 Å². The lowest BCUT2D eigenvalue weighted by atomic mass is 10.0. The quantitative estimate of drug-likeness (QED) is 0.855. The van der Waals surface area contributed by atoms with Gasteiger partial charge in [-0.2, -0.15) is 0 Å². The highest BCUT2D eigenvalue weighted by Gasteiger charge is 2.30. The van der Waals surface area contributed by atoms with Crippen LogP contribution >= 0.6 is 11.3 Å². The first-order valence-electron chi connectivity index (χ1n) is 7.46. The van der Waals surface area contributed by atoms with Gasteiger partial charge in [0.15, 0.2) is 0 Å². The van der Waals surface area contributed by atoms with Crippen molar-refractivity contribution in [2.24, 2.45) is 7.05 Å². The number of amides is 1. The van der Waals surface area contributed by atoms with E-state index in [1.165, 1.54) is 10.6 Å². The van der Waals surface area contributed by atoms with E-state index in [4.69, 9.17) is 0 Å². The fourth-order valence-electron chi connectivity index (χ4n) is 2.84. The molecule has 3 rings (SSSR count). The monoisotopic (exact) mass is 317 g/mol. The second kappa shape index (κ2) is 6.04. The Hall–Kier alpha value is -1.95. The highest BCUT2D eigenvalue weighted by molar-refractivity contribution is 7.09. The van der Waals surface area contributed by atoms with E-state index in [1.807, 2.05) is 17.2 Å². The third-order valence-electron chi connectivity index (χ3n) is 4.02. The number of carbonyl (C=O) groups excluding carboxylic acids is 1. The number of rotatable bonds is 2. The molecule has 1 atom stereocenters. The molecule has 3 heterocycles. The van der Waals surface area contributed by atoms with Gasteiger partial charge in [0.2, 0.25) is 5.56 Å². The van der Waals surface area contributed by atoms with Crippen molar-refractivity contribution in [1.82, 2.24) is 14.5 Å². The zero-order valence-electron chi connectivity index (χ0n) is 12.8. The van der Waals surface area contributed by atoms with Crippen LogP contribution in [0.3, 0.4) is 0 Å². The summed E-state index contributed by atoms with van der Waals surface area (Å²) < 4.78 is 1.44. The number of nitrogens with zero attached hydrogens (tertiary/aromatic N) is 3. The van der Waals surface area contributed by atoms with Gasteiger partial charge >= 0.3 is 0 Å². The Balaban J connectivity index is 1.91. The van der Waals surface area contributed by atoms with Gasteiger partial charge in [0.1, 0.15) is 5.01 Å². The molecule has 0 saturated carbocycles. The third kappa shape index (κ3) is 2.83. The van der Waals surface area contributed by atoms with Crippen LogP contribution in [0.1, 0.15) is 46.4 Å². The number of pyridine rings is 1. The molecular formula is C16H19N3O2S. The van der Waals surface area contributed by atoms with E-state index in [0.29, 0.717) is 5.56 Å². The molecule has 5 nitrogen and oxygen atoms in total. The summed E-state index contributed by atoms with van der Waals surface area (Å²) >= 11 is 1.62. The Labute approximate surface area is 133 Å². The lowest BCUT2D eigenvalue weighted by Crippen LogP contribution is -2.39. The summed E-state index contributed by atoms with van der Waals surface area (Å²) in [4.78, 5) is 30.8. The van der Waals surface area contributed by atoms with Crippen molar-refractivity contribution >= 4 is 17.2 Å². The van der Waals surface area contributed by atoms with Gasteiger partial charge in [0.05, 0.1) is 11.6 Å². The standard InChI is InChI=1S/C16H19N3O2S/c1-11-10-22-15(17-11)13-5-3-4-8-19(13)16(21)12-6-7-14(20)18(2)9-12/h6-7,9-10,13H,3-5,8H2,1-2H3. The summed E-state index contributed by atoms with van der Waals surface area (Å²) in [6, 6.07) is 3.11. The number of thiazole rings is 1. The fraction of sp³-hybridized carbons (Fsp3) is 0.438. The van der Waals surface area contributed by atoms with Crippen LogP contribution in [0.25, 0.3) is 0 Å². The fourth-order valence-corrected chi connectivity index (χ4v) is 3.79. The van der Waals surface area contributed by atoms with Crippen molar-refractivity contribution in [3.05, 3.63) is 50.3 Å². The molecule has 1 fully saturated rings. The predicted octanol–water partition coefficient (Wildman–Crippen LogP) is 2.52. The maximum atomic E-state index is 12.8. The van der Waals surface area contributed by atoms with Crippen LogP contribution in [0.2, 0.25) is 0 Å². The van der Waals surface area contributed by atoms with Crippen molar-refractivity contribution in [3.8, 4) is 0 Å². The van der Waals surface area contributed by atoms with E-state index in [-0.39, 0.29) is 17.5 Å². The molecule has 2 aromatic heterocycles. The Bertz CT molecular complexity index is 750. The number of likely N-dealkylation sites (tertiary alicyclic amines) is 1. The number of aryl methyl sites for hydroxylation is 2. The minimum absolute atomic E-state index is 0.0202. The average molecular weight is 317 g/mol. The second-order valence-corrected chi connectivity index (χ2v) is 6.59.